The van der Waals surface area contributed by atoms with E-state index < -0.39 is 0 Å². The lowest BCUT2D eigenvalue weighted by atomic mass is 9.96. The molecule has 0 N–H and O–H groups in total. The third-order valence-electron chi connectivity index (χ3n) is 13.9. The Bertz CT molecular complexity index is 980. The number of carbonyl (C=O) groups is 3. The predicted molar refractivity (Wildman–Crippen MR) is 281 cm³/mol. The Labute approximate surface area is 406 Å². The van der Waals surface area contributed by atoms with E-state index in [0.717, 1.165) is 83.7 Å². The van der Waals surface area contributed by atoms with E-state index in [1.807, 2.05) is 0 Å². The molecule has 65 heavy (non-hydrogen) atoms. The van der Waals surface area contributed by atoms with Gasteiger partial charge in [-0.05, 0) is 83.7 Å². The number of ether oxygens (including phenoxy) is 2. The first-order valence-corrected chi connectivity index (χ1v) is 29.0. The number of esters is 2. The molecule has 386 valence electrons. The molecule has 0 saturated carbocycles. The molecule has 1 amide bonds. The largest absolute Gasteiger partial charge is 0.465 e. The molecule has 0 aliphatic carbocycles. The van der Waals surface area contributed by atoms with E-state index in [2.05, 4.69) is 58.5 Å². The summed E-state index contributed by atoms with van der Waals surface area (Å²) in [7, 11) is 4.14. The first kappa shape index (κ1) is 63.4. The lowest BCUT2D eigenvalue weighted by Crippen LogP contribution is -2.42. The number of amides is 1. The van der Waals surface area contributed by atoms with Gasteiger partial charge < -0.3 is 19.3 Å². The number of unbranched alkanes of at least 4 members (excludes halogenated alkanes) is 25. The molecule has 0 aromatic heterocycles. The Morgan fingerprint density at radius 3 is 1.08 bits per heavy atom. The summed E-state index contributed by atoms with van der Waals surface area (Å²) in [5.74, 6) is 1.37. The fourth-order valence-corrected chi connectivity index (χ4v) is 9.45. The van der Waals surface area contributed by atoms with Crippen molar-refractivity contribution >= 4 is 17.8 Å². The number of hydrogen-bond donors (Lipinski definition) is 0. The Balaban J connectivity index is 4.99. The summed E-state index contributed by atoms with van der Waals surface area (Å²) in [6.07, 6.45) is 47.4. The van der Waals surface area contributed by atoms with Crippen molar-refractivity contribution in [3.8, 4) is 0 Å². The average Bonchev–Trinajstić information content (AvgIpc) is 3.30. The molecular weight excluding hydrogens is 805 g/mol. The maximum atomic E-state index is 13.9. The predicted octanol–water partition coefficient (Wildman–Crippen LogP) is 17.2. The van der Waals surface area contributed by atoms with Crippen LogP contribution in [0.25, 0.3) is 0 Å². The zero-order valence-electron chi connectivity index (χ0n) is 45.0. The summed E-state index contributed by atoms with van der Waals surface area (Å²) < 4.78 is 11.6. The lowest BCUT2D eigenvalue weighted by Gasteiger charge is -2.33. The highest BCUT2D eigenvalue weighted by Gasteiger charge is 2.23. The first-order valence-electron chi connectivity index (χ1n) is 29.0. The van der Waals surface area contributed by atoms with Gasteiger partial charge in [0, 0.05) is 38.4 Å². The molecule has 0 aliphatic rings. The van der Waals surface area contributed by atoms with E-state index in [9.17, 15) is 14.4 Å². The summed E-state index contributed by atoms with van der Waals surface area (Å²) in [5.41, 5.74) is 0. The minimum atomic E-state index is -0.00650. The molecule has 0 rings (SSSR count). The third kappa shape index (κ3) is 42.2. The van der Waals surface area contributed by atoms with Crippen molar-refractivity contribution in [1.29, 1.82) is 0 Å². The van der Waals surface area contributed by atoms with Crippen molar-refractivity contribution < 1.29 is 23.9 Å². The van der Waals surface area contributed by atoms with Crippen molar-refractivity contribution in [3.05, 3.63) is 0 Å². The van der Waals surface area contributed by atoms with Crippen LogP contribution >= 0.6 is 0 Å². The highest BCUT2D eigenvalue weighted by Crippen LogP contribution is 2.23. The zero-order chi connectivity index (χ0) is 47.9. The van der Waals surface area contributed by atoms with Gasteiger partial charge in [-0.2, -0.15) is 0 Å². The first-order chi connectivity index (χ1) is 31.7. The van der Waals surface area contributed by atoms with Gasteiger partial charge in [0.15, 0.2) is 0 Å². The normalized spacial score (nSPS) is 13.0. The number of rotatable bonds is 51. The average molecular weight is 920 g/mol. The second-order valence-electron chi connectivity index (χ2n) is 20.7. The van der Waals surface area contributed by atoms with Gasteiger partial charge in [0.05, 0.1) is 13.2 Å². The Kier molecular flexibility index (Phi) is 47.6. The van der Waals surface area contributed by atoms with Crippen LogP contribution in [0.4, 0.5) is 0 Å². The van der Waals surface area contributed by atoms with Gasteiger partial charge in [-0.25, -0.2) is 0 Å². The van der Waals surface area contributed by atoms with Crippen LogP contribution in [0.2, 0.25) is 0 Å². The number of carbonyl (C=O) groups excluding carboxylic acids is 3. The summed E-state index contributed by atoms with van der Waals surface area (Å²) in [6.45, 7) is 14.2. The van der Waals surface area contributed by atoms with Gasteiger partial charge in [-0.15, -0.1) is 0 Å². The van der Waals surface area contributed by atoms with Gasteiger partial charge in [-0.3, -0.25) is 14.4 Å². The molecule has 0 aliphatic heterocycles. The van der Waals surface area contributed by atoms with Crippen molar-refractivity contribution in [1.82, 2.24) is 9.80 Å². The molecule has 0 radical (unpaired) electrons. The minimum Gasteiger partial charge on any atom is -0.465 e. The van der Waals surface area contributed by atoms with Crippen LogP contribution < -0.4 is 0 Å². The van der Waals surface area contributed by atoms with Gasteiger partial charge in [0.25, 0.3) is 0 Å². The van der Waals surface area contributed by atoms with Crippen LogP contribution in [0.15, 0.2) is 0 Å². The number of nitrogens with zero attached hydrogens (tertiary/aromatic N) is 2. The third-order valence-corrected chi connectivity index (χ3v) is 13.9. The minimum absolute atomic E-state index is 0.00650. The van der Waals surface area contributed by atoms with Crippen molar-refractivity contribution in [2.45, 2.75) is 304 Å². The van der Waals surface area contributed by atoms with Crippen LogP contribution in [-0.2, 0) is 23.9 Å². The second kappa shape index (κ2) is 48.8. The highest BCUT2D eigenvalue weighted by atomic mass is 16.5. The fraction of sp³-hybridized carbons (Fsp3) is 0.948. The van der Waals surface area contributed by atoms with Gasteiger partial charge >= 0.3 is 11.9 Å². The molecule has 0 heterocycles. The molecule has 0 bridgehead atoms. The van der Waals surface area contributed by atoms with Crippen molar-refractivity contribution in [2.75, 3.05) is 40.4 Å². The topological polar surface area (TPSA) is 76.2 Å². The summed E-state index contributed by atoms with van der Waals surface area (Å²) in [6, 6.07) is 0.319. The van der Waals surface area contributed by atoms with Crippen LogP contribution in [0.5, 0.6) is 0 Å². The zero-order valence-corrected chi connectivity index (χ0v) is 45.0. The fourth-order valence-electron chi connectivity index (χ4n) is 9.45. The van der Waals surface area contributed by atoms with E-state index in [4.69, 9.17) is 9.47 Å². The van der Waals surface area contributed by atoms with Crippen LogP contribution in [0, 0.1) is 11.8 Å². The summed E-state index contributed by atoms with van der Waals surface area (Å²) >= 11 is 0. The quantitative estimate of drug-likeness (QED) is 0.0447. The molecular formula is C58H114N2O5. The second-order valence-corrected chi connectivity index (χ2v) is 20.7. The Morgan fingerprint density at radius 1 is 0.354 bits per heavy atom. The molecule has 0 fully saturated rings. The van der Waals surface area contributed by atoms with E-state index in [-0.39, 0.29) is 11.9 Å². The lowest BCUT2D eigenvalue weighted by molar-refractivity contribution is -0.146. The van der Waals surface area contributed by atoms with Gasteiger partial charge in [0.2, 0.25) is 5.91 Å². The number of hydrogen-bond acceptors (Lipinski definition) is 6. The monoisotopic (exact) mass is 919 g/mol. The molecule has 0 aromatic carbocycles. The molecule has 0 aromatic rings. The van der Waals surface area contributed by atoms with Crippen LogP contribution in [0.1, 0.15) is 298 Å². The SMILES string of the molecule is CCCCCCCCCCN(C(=O)CCN(C)C)C(CCCCCCCCC(=O)OCC(CCCC)CCCCCC)CCCCCCCCC(=O)OCC(CCCC)CCCCCC. The highest BCUT2D eigenvalue weighted by molar-refractivity contribution is 5.76. The Morgan fingerprint density at radius 2 is 0.677 bits per heavy atom. The Hall–Kier alpha value is -1.63. The smallest absolute Gasteiger partial charge is 0.305 e. The van der Waals surface area contributed by atoms with Gasteiger partial charge in [-0.1, -0.05) is 221 Å². The van der Waals surface area contributed by atoms with Gasteiger partial charge in [0.1, 0.15) is 0 Å². The maximum Gasteiger partial charge on any atom is 0.305 e. The molecule has 2 unspecified atom stereocenters. The van der Waals surface area contributed by atoms with E-state index in [0.29, 0.717) is 56.3 Å². The molecule has 7 heteroatoms. The van der Waals surface area contributed by atoms with E-state index >= 15 is 0 Å². The summed E-state index contributed by atoms with van der Waals surface area (Å²) in [4.78, 5) is 43.5. The molecule has 7 nitrogen and oxygen atoms in total. The molecule has 2 atom stereocenters. The summed E-state index contributed by atoms with van der Waals surface area (Å²) in [5, 5.41) is 0. The molecule has 0 saturated heterocycles. The van der Waals surface area contributed by atoms with Crippen molar-refractivity contribution in [2.24, 2.45) is 11.8 Å². The molecule has 0 spiro atoms. The van der Waals surface area contributed by atoms with E-state index in [1.54, 1.807) is 0 Å². The van der Waals surface area contributed by atoms with E-state index in [1.165, 1.54) is 173 Å². The van der Waals surface area contributed by atoms with Crippen LogP contribution in [0.3, 0.4) is 0 Å². The van der Waals surface area contributed by atoms with Crippen molar-refractivity contribution in [3.63, 3.8) is 0 Å². The standard InChI is InChI=1S/C58H114N2O5/c1-8-13-18-21-22-27-32-39-49-60(56(61)48-50-59(6)7)55(44-35-28-23-25-30-37-46-57(62)64-51-53(40-16-11-4)42-33-19-14-9-2)45-36-29-24-26-31-38-47-58(63)65-52-54(41-17-12-5)43-34-20-15-10-3/h53-55H,8-52H2,1-7H3. The maximum absolute atomic E-state index is 13.9. The van der Waals surface area contributed by atoms with Crippen LogP contribution in [-0.4, -0.2) is 74.1 Å².